The van der Waals surface area contributed by atoms with E-state index in [0.29, 0.717) is 12.1 Å². The molecule has 0 aliphatic rings. The van der Waals surface area contributed by atoms with Crippen molar-refractivity contribution in [1.29, 1.82) is 0 Å². The molecule has 2 amide bonds. The molecule has 0 heterocycles. The summed E-state index contributed by atoms with van der Waals surface area (Å²) in [5, 5.41) is 2.62. The zero-order valence-electron chi connectivity index (χ0n) is 13.5. The van der Waals surface area contributed by atoms with Crippen LogP contribution in [0.3, 0.4) is 0 Å². The van der Waals surface area contributed by atoms with E-state index in [-0.39, 0.29) is 12.5 Å². The monoisotopic (exact) mass is 321 g/mol. The van der Waals surface area contributed by atoms with Crippen LogP contribution in [0.4, 0.5) is 5.69 Å². The molecule has 0 unspecified atom stereocenters. The molecule has 5 heteroatoms. The summed E-state index contributed by atoms with van der Waals surface area (Å²) in [6.45, 7) is 0.697. The Morgan fingerprint density at radius 3 is 2.50 bits per heavy atom. The van der Waals surface area contributed by atoms with E-state index in [4.69, 9.17) is 12.2 Å². The van der Waals surface area contributed by atoms with Gasteiger partial charge >= 0.3 is 0 Å². The van der Waals surface area contributed by atoms with Crippen LogP contribution in [0.1, 0.15) is 21.5 Å². The Kier molecular flexibility index (Phi) is 5.58. The lowest BCUT2D eigenvalue weighted by atomic mass is 10.1. The van der Waals surface area contributed by atoms with Crippen LogP contribution in [-0.4, -0.2) is 25.4 Å². The largest absolute Gasteiger partial charge is 0.366 e. The third kappa shape index (κ3) is 4.37. The summed E-state index contributed by atoms with van der Waals surface area (Å²) < 4.78 is 0. The molecule has 0 radical (unpaired) electrons. The number of primary amides is 1. The summed E-state index contributed by atoms with van der Waals surface area (Å²) in [6.07, 6.45) is 5.45. The summed E-state index contributed by atoms with van der Waals surface area (Å²) in [5.41, 5.74) is 8.26. The highest BCUT2D eigenvalue weighted by atomic mass is 16.2. The van der Waals surface area contributed by atoms with Gasteiger partial charge in [0.2, 0.25) is 11.8 Å². The van der Waals surface area contributed by atoms with E-state index in [1.54, 1.807) is 19.2 Å². The Morgan fingerprint density at radius 2 is 1.92 bits per heavy atom. The van der Waals surface area contributed by atoms with Crippen molar-refractivity contribution in [1.82, 2.24) is 5.32 Å². The van der Waals surface area contributed by atoms with Gasteiger partial charge in [0.15, 0.2) is 0 Å². The predicted molar refractivity (Wildman–Crippen MR) is 94.5 cm³/mol. The number of carbonyl (C=O) groups is 2. The third-order valence-electron chi connectivity index (χ3n) is 3.60. The van der Waals surface area contributed by atoms with E-state index in [1.165, 1.54) is 0 Å². The highest BCUT2D eigenvalue weighted by Gasteiger charge is 2.12. The number of likely N-dealkylation sites (N-methyl/N-ethyl adjacent to an activating group) is 1. The summed E-state index contributed by atoms with van der Waals surface area (Å²) in [4.78, 5) is 24.9. The molecule has 0 aliphatic carbocycles. The maximum atomic E-state index is 11.8. The number of terminal acetylenes is 1. The van der Waals surface area contributed by atoms with Crippen LogP contribution in [0.5, 0.6) is 0 Å². The molecular formula is C19H19N3O2. The number of nitrogens with zero attached hydrogens (tertiary/aromatic N) is 1. The van der Waals surface area contributed by atoms with Crippen molar-refractivity contribution < 1.29 is 9.59 Å². The Hall–Kier alpha value is -3.26. The SMILES string of the molecule is C#Cc1cccc(N(CC(=O)NC)Cc2ccc(C(N)=O)cc2)c1. The molecular weight excluding hydrogens is 302 g/mol. The number of nitrogens with one attached hydrogen (secondary N) is 1. The molecule has 0 bridgehead atoms. The van der Waals surface area contributed by atoms with Gasteiger partial charge in [0, 0.05) is 30.4 Å². The molecule has 0 saturated carbocycles. The Morgan fingerprint density at radius 1 is 1.21 bits per heavy atom. The average molecular weight is 321 g/mol. The molecule has 122 valence electrons. The molecule has 0 saturated heterocycles. The lowest BCUT2D eigenvalue weighted by Gasteiger charge is -2.24. The van der Waals surface area contributed by atoms with Crippen LogP contribution >= 0.6 is 0 Å². The maximum Gasteiger partial charge on any atom is 0.248 e. The number of carbonyl (C=O) groups excluding carboxylic acids is 2. The number of anilines is 1. The quantitative estimate of drug-likeness (QED) is 0.792. The maximum absolute atomic E-state index is 11.8. The first kappa shape index (κ1) is 17.1. The van der Waals surface area contributed by atoms with Gasteiger partial charge in [0.1, 0.15) is 0 Å². The molecule has 0 aromatic heterocycles. The summed E-state index contributed by atoms with van der Waals surface area (Å²) in [6, 6.07) is 14.5. The van der Waals surface area contributed by atoms with Gasteiger partial charge in [-0.2, -0.15) is 0 Å². The number of amides is 2. The van der Waals surface area contributed by atoms with E-state index in [0.717, 1.165) is 16.8 Å². The van der Waals surface area contributed by atoms with Crippen molar-refractivity contribution in [3.63, 3.8) is 0 Å². The summed E-state index contributed by atoms with van der Waals surface area (Å²) in [5.74, 6) is 2.03. The number of hydrogen-bond acceptors (Lipinski definition) is 3. The van der Waals surface area contributed by atoms with E-state index in [1.807, 2.05) is 41.3 Å². The molecule has 2 aromatic rings. The van der Waals surface area contributed by atoms with Crippen LogP contribution in [0.25, 0.3) is 0 Å². The number of rotatable bonds is 6. The fourth-order valence-corrected chi connectivity index (χ4v) is 2.28. The Labute approximate surface area is 141 Å². The van der Waals surface area contributed by atoms with E-state index in [2.05, 4.69) is 11.2 Å². The fraction of sp³-hybridized carbons (Fsp3) is 0.158. The molecule has 0 aliphatic heterocycles. The molecule has 0 fully saturated rings. The Bertz CT molecular complexity index is 776. The molecule has 2 rings (SSSR count). The second-order valence-electron chi connectivity index (χ2n) is 5.29. The van der Waals surface area contributed by atoms with Crippen LogP contribution in [0.2, 0.25) is 0 Å². The minimum absolute atomic E-state index is 0.102. The molecule has 0 atom stereocenters. The number of hydrogen-bond donors (Lipinski definition) is 2. The average Bonchev–Trinajstić information content (AvgIpc) is 2.61. The van der Waals surface area contributed by atoms with Crippen LogP contribution in [0, 0.1) is 12.3 Å². The van der Waals surface area contributed by atoms with Crippen LogP contribution < -0.4 is 16.0 Å². The zero-order chi connectivity index (χ0) is 17.5. The standard InChI is InChI=1S/C19H19N3O2/c1-3-14-5-4-6-17(11-14)22(13-18(23)21-2)12-15-7-9-16(10-8-15)19(20)24/h1,4-11H,12-13H2,2H3,(H2,20,24)(H,21,23). The van der Waals surface area contributed by atoms with Gasteiger partial charge in [-0.25, -0.2) is 0 Å². The van der Waals surface area contributed by atoms with Gasteiger partial charge in [0.05, 0.1) is 6.54 Å². The molecule has 2 aromatic carbocycles. The van der Waals surface area contributed by atoms with E-state index < -0.39 is 5.91 Å². The van der Waals surface area contributed by atoms with Crippen molar-refractivity contribution in [2.24, 2.45) is 5.73 Å². The van der Waals surface area contributed by atoms with Crippen molar-refractivity contribution >= 4 is 17.5 Å². The topological polar surface area (TPSA) is 75.4 Å². The van der Waals surface area contributed by atoms with E-state index >= 15 is 0 Å². The van der Waals surface area contributed by atoms with Gasteiger partial charge in [0.25, 0.3) is 0 Å². The molecule has 5 nitrogen and oxygen atoms in total. The molecule has 3 N–H and O–H groups in total. The molecule has 0 spiro atoms. The number of nitrogens with two attached hydrogens (primary N) is 1. The zero-order valence-corrected chi connectivity index (χ0v) is 13.5. The van der Waals surface area contributed by atoms with Gasteiger partial charge in [-0.1, -0.05) is 24.1 Å². The van der Waals surface area contributed by atoms with Gasteiger partial charge in [-0.05, 0) is 35.9 Å². The fourth-order valence-electron chi connectivity index (χ4n) is 2.28. The van der Waals surface area contributed by atoms with Crippen molar-refractivity contribution in [2.45, 2.75) is 6.54 Å². The summed E-state index contributed by atoms with van der Waals surface area (Å²) >= 11 is 0. The van der Waals surface area contributed by atoms with Gasteiger partial charge in [-0.15, -0.1) is 6.42 Å². The van der Waals surface area contributed by atoms with Crippen LogP contribution in [0.15, 0.2) is 48.5 Å². The smallest absolute Gasteiger partial charge is 0.248 e. The van der Waals surface area contributed by atoms with Crippen molar-refractivity contribution in [2.75, 3.05) is 18.5 Å². The normalized spacial score (nSPS) is 9.83. The number of benzene rings is 2. The first-order valence-corrected chi connectivity index (χ1v) is 7.44. The lowest BCUT2D eigenvalue weighted by molar-refractivity contribution is -0.119. The predicted octanol–water partition coefficient (Wildman–Crippen LogP) is 1.52. The summed E-state index contributed by atoms with van der Waals surface area (Å²) in [7, 11) is 1.60. The van der Waals surface area contributed by atoms with Crippen molar-refractivity contribution in [3.05, 3.63) is 65.2 Å². The van der Waals surface area contributed by atoms with E-state index in [9.17, 15) is 9.59 Å². The third-order valence-corrected chi connectivity index (χ3v) is 3.60. The molecule has 24 heavy (non-hydrogen) atoms. The lowest BCUT2D eigenvalue weighted by Crippen LogP contribution is -2.35. The Balaban J connectivity index is 2.27. The first-order chi connectivity index (χ1) is 11.5. The highest BCUT2D eigenvalue weighted by molar-refractivity contribution is 5.92. The van der Waals surface area contributed by atoms with Gasteiger partial charge in [-0.3, -0.25) is 9.59 Å². The highest BCUT2D eigenvalue weighted by Crippen LogP contribution is 2.19. The second kappa shape index (κ2) is 7.84. The first-order valence-electron chi connectivity index (χ1n) is 7.44. The van der Waals surface area contributed by atoms with Crippen LogP contribution in [-0.2, 0) is 11.3 Å². The second-order valence-corrected chi connectivity index (χ2v) is 5.29. The minimum atomic E-state index is -0.467. The minimum Gasteiger partial charge on any atom is -0.366 e. The van der Waals surface area contributed by atoms with Gasteiger partial charge < -0.3 is 16.0 Å². The van der Waals surface area contributed by atoms with Crippen molar-refractivity contribution in [3.8, 4) is 12.3 Å².